The Labute approximate surface area is 216 Å². The minimum absolute atomic E-state index is 0.0312. The summed E-state index contributed by atoms with van der Waals surface area (Å²) < 4.78 is 0. The van der Waals surface area contributed by atoms with Gasteiger partial charge in [0.2, 0.25) is 0 Å². The molecule has 5 rings (SSSR count). The van der Waals surface area contributed by atoms with Crippen molar-refractivity contribution in [2.24, 2.45) is 5.41 Å². The number of carbonyl (C=O) groups is 3. The van der Waals surface area contributed by atoms with Crippen LogP contribution in [0.3, 0.4) is 0 Å². The molecule has 0 unspecified atom stereocenters. The number of amides is 3. The van der Waals surface area contributed by atoms with Crippen LogP contribution in [0.4, 0.5) is 21.9 Å². The van der Waals surface area contributed by atoms with Crippen LogP contribution in [0.15, 0.2) is 65.9 Å². The second kappa shape index (κ2) is 9.80. The van der Waals surface area contributed by atoms with E-state index in [1.165, 1.54) is 11.3 Å². The highest BCUT2D eigenvalue weighted by Crippen LogP contribution is 2.46. The molecule has 0 aliphatic carbocycles. The van der Waals surface area contributed by atoms with Crippen LogP contribution in [0.5, 0.6) is 0 Å². The van der Waals surface area contributed by atoms with Crippen molar-refractivity contribution in [2.75, 3.05) is 41.3 Å². The van der Waals surface area contributed by atoms with Crippen molar-refractivity contribution >= 4 is 35.0 Å². The third kappa shape index (κ3) is 4.50. The lowest BCUT2D eigenvalue weighted by Gasteiger charge is -2.52. The van der Waals surface area contributed by atoms with Crippen molar-refractivity contribution in [3.05, 3.63) is 65.9 Å². The van der Waals surface area contributed by atoms with Gasteiger partial charge in [0.1, 0.15) is 11.3 Å². The number of hydrogen-bond acceptors (Lipinski definition) is 5. The summed E-state index contributed by atoms with van der Waals surface area (Å²) in [6.45, 7) is 3.91. The van der Waals surface area contributed by atoms with Crippen molar-refractivity contribution in [2.45, 2.75) is 38.6 Å². The smallest absolute Gasteiger partial charge is 0.407 e. The fourth-order valence-corrected chi connectivity index (χ4v) is 5.83. The molecule has 2 fully saturated rings. The molecule has 3 heterocycles. The predicted octanol–water partition coefficient (Wildman–Crippen LogP) is 4.23. The normalized spacial score (nSPS) is 24.1. The number of nitrogens with one attached hydrogen (secondary N) is 1. The number of anilines is 3. The van der Waals surface area contributed by atoms with E-state index in [4.69, 9.17) is 0 Å². The van der Waals surface area contributed by atoms with Crippen LogP contribution >= 0.6 is 0 Å². The number of rotatable bonds is 4. The molecule has 9 nitrogen and oxygen atoms in total. The van der Waals surface area contributed by atoms with Gasteiger partial charge in [0.25, 0.3) is 11.8 Å². The first kappa shape index (κ1) is 24.7. The molecule has 0 aromatic heterocycles. The molecule has 0 bridgehead atoms. The van der Waals surface area contributed by atoms with Gasteiger partial charge in [0, 0.05) is 43.2 Å². The third-order valence-corrected chi connectivity index (χ3v) is 7.83. The number of likely N-dealkylation sites (tertiary alicyclic amines) is 1. The molecular weight excluding hydrogens is 472 g/mol. The molecule has 9 heteroatoms. The lowest BCUT2D eigenvalue weighted by atomic mass is 9.70. The summed E-state index contributed by atoms with van der Waals surface area (Å²) in [4.78, 5) is 44.1. The molecule has 0 spiro atoms. The van der Waals surface area contributed by atoms with Crippen molar-refractivity contribution in [3.63, 3.8) is 0 Å². The van der Waals surface area contributed by atoms with Gasteiger partial charge in [-0.2, -0.15) is 0 Å². The van der Waals surface area contributed by atoms with Crippen LogP contribution in [0, 0.1) is 5.41 Å². The number of aliphatic hydroxyl groups excluding tert-OH is 1. The molecule has 2 atom stereocenters. The topological polar surface area (TPSA) is 113 Å². The summed E-state index contributed by atoms with van der Waals surface area (Å²) in [5, 5.41) is 23.7. The van der Waals surface area contributed by atoms with E-state index >= 15 is 0 Å². The van der Waals surface area contributed by atoms with E-state index in [1.807, 2.05) is 30.3 Å². The molecule has 194 valence electrons. The minimum atomic E-state index is -1.15. The van der Waals surface area contributed by atoms with Gasteiger partial charge in [0.05, 0.1) is 11.5 Å². The van der Waals surface area contributed by atoms with Crippen molar-refractivity contribution in [3.8, 4) is 0 Å². The number of benzene rings is 2. The van der Waals surface area contributed by atoms with Crippen LogP contribution in [-0.2, 0) is 9.59 Å². The monoisotopic (exact) mass is 504 g/mol. The van der Waals surface area contributed by atoms with E-state index < -0.39 is 29.4 Å². The number of carbonyl (C=O) groups excluding carboxylic acids is 2. The quantitative estimate of drug-likeness (QED) is 0.537. The van der Waals surface area contributed by atoms with Gasteiger partial charge in [-0.3, -0.25) is 9.59 Å². The third-order valence-electron chi connectivity index (χ3n) is 7.83. The average Bonchev–Trinajstić information content (AvgIpc) is 2.90. The van der Waals surface area contributed by atoms with Gasteiger partial charge in [-0.1, -0.05) is 18.2 Å². The van der Waals surface area contributed by atoms with Crippen LogP contribution in [0.25, 0.3) is 0 Å². The predicted molar refractivity (Wildman–Crippen MR) is 141 cm³/mol. The maximum atomic E-state index is 13.9. The Morgan fingerprint density at radius 2 is 1.59 bits per heavy atom. The number of piperidine rings is 2. The summed E-state index contributed by atoms with van der Waals surface area (Å²) in [7, 11) is 0. The van der Waals surface area contributed by atoms with Crippen LogP contribution in [0.1, 0.15) is 32.6 Å². The van der Waals surface area contributed by atoms with Gasteiger partial charge in [-0.05, 0) is 69.0 Å². The molecule has 0 saturated carbocycles. The molecule has 0 radical (unpaired) electrons. The second-order valence-electron chi connectivity index (χ2n) is 10.2. The van der Waals surface area contributed by atoms with Crippen molar-refractivity contribution in [1.29, 1.82) is 0 Å². The number of carboxylic acid groups (broad SMARTS) is 1. The van der Waals surface area contributed by atoms with Gasteiger partial charge in [-0.15, -0.1) is 0 Å². The zero-order valence-electron chi connectivity index (χ0n) is 20.9. The molecule has 3 N–H and O–H groups in total. The highest BCUT2D eigenvalue weighted by molar-refractivity contribution is 6.28. The molecule has 3 aliphatic rings. The summed E-state index contributed by atoms with van der Waals surface area (Å²) >= 11 is 0. The summed E-state index contributed by atoms with van der Waals surface area (Å²) in [6.07, 6.45) is 2.76. The summed E-state index contributed by atoms with van der Waals surface area (Å²) in [5.41, 5.74) is 0.663. The molecule has 2 saturated heterocycles. The second-order valence-corrected chi connectivity index (χ2v) is 10.2. The maximum Gasteiger partial charge on any atom is 0.407 e. The van der Waals surface area contributed by atoms with Crippen molar-refractivity contribution in [1.82, 2.24) is 4.90 Å². The van der Waals surface area contributed by atoms with Crippen LogP contribution in [0.2, 0.25) is 0 Å². The standard InChI is InChI=1S/C28H32N4O5/c1-28-18-31(27(36)37)17-14-22(28)32(21-12-10-20(11-13-21)30-15-6-3-7-16-30)26(35)23(24(28)33)25(34)29-19-8-4-2-5-9-19/h2,4-5,8-13,22,33H,3,6-7,14-18H2,1H3,(H,29,34)(H,36,37)/t22-,28-/m0/s1. The van der Waals surface area contributed by atoms with Crippen LogP contribution in [-0.4, -0.2) is 65.2 Å². The van der Waals surface area contributed by atoms with Crippen molar-refractivity contribution < 1.29 is 24.6 Å². The number of nitrogens with zero attached hydrogens (tertiary/aromatic N) is 3. The average molecular weight is 505 g/mol. The molecule has 3 aliphatic heterocycles. The molecule has 37 heavy (non-hydrogen) atoms. The molecule has 3 amide bonds. The van der Waals surface area contributed by atoms with E-state index in [0.717, 1.165) is 31.6 Å². The minimum Gasteiger partial charge on any atom is -0.511 e. The Morgan fingerprint density at radius 3 is 2.24 bits per heavy atom. The Hall–Kier alpha value is -4.01. The highest BCUT2D eigenvalue weighted by atomic mass is 16.4. The summed E-state index contributed by atoms with van der Waals surface area (Å²) in [5.74, 6) is -1.69. The van der Waals surface area contributed by atoms with E-state index in [2.05, 4.69) is 10.2 Å². The van der Waals surface area contributed by atoms with Crippen LogP contribution < -0.4 is 15.1 Å². The largest absolute Gasteiger partial charge is 0.511 e. The highest BCUT2D eigenvalue weighted by Gasteiger charge is 2.55. The first-order chi connectivity index (χ1) is 17.8. The maximum absolute atomic E-state index is 13.9. The Kier molecular flexibility index (Phi) is 6.54. The Bertz CT molecular complexity index is 1220. The first-order valence-corrected chi connectivity index (χ1v) is 12.8. The van der Waals surface area contributed by atoms with E-state index in [9.17, 15) is 24.6 Å². The lowest BCUT2D eigenvalue weighted by molar-refractivity contribution is -0.122. The lowest BCUT2D eigenvalue weighted by Crippen LogP contribution is -2.64. The zero-order valence-corrected chi connectivity index (χ0v) is 20.9. The fourth-order valence-electron chi connectivity index (χ4n) is 5.83. The summed E-state index contributed by atoms with van der Waals surface area (Å²) in [6, 6.07) is 15.9. The van der Waals surface area contributed by atoms with Gasteiger partial charge in [-0.25, -0.2) is 4.79 Å². The van der Waals surface area contributed by atoms with Gasteiger partial charge >= 0.3 is 6.09 Å². The Morgan fingerprint density at radius 1 is 0.946 bits per heavy atom. The molecule has 2 aromatic carbocycles. The number of para-hydroxylation sites is 1. The number of hydrogen-bond donors (Lipinski definition) is 3. The van der Waals surface area contributed by atoms with Gasteiger partial charge in [0.15, 0.2) is 0 Å². The Balaban J connectivity index is 1.53. The number of fused-ring (bicyclic) bond motifs is 1. The fraction of sp³-hybridized carbons (Fsp3) is 0.393. The van der Waals surface area contributed by atoms with E-state index in [0.29, 0.717) is 17.8 Å². The molecular formula is C28H32N4O5. The number of aliphatic hydroxyl groups is 1. The van der Waals surface area contributed by atoms with E-state index in [1.54, 1.807) is 36.1 Å². The van der Waals surface area contributed by atoms with E-state index in [-0.39, 0.29) is 24.4 Å². The first-order valence-electron chi connectivity index (χ1n) is 12.8. The molecule has 2 aromatic rings. The van der Waals surface area contributed by atoms with Gasteiger partial charge < -0.3 is 30.2 Å². The zero-order chi connectivity index (χ0) is 26.2. The SMILES string of the molecule is C[C@]12CN(C(=O)O)CC[C@@H]1N(c1ccc(N3CCCCC3)cc1)C(=O)C(C(=O)Nc1ccccc1)=C2O.